The van der Waals surface area contributed by atoms with Crippen molar-refractivity contribution in [2.45, 2.75) is 144 Å². The van der Waals surface area contributed by atoms with E-state index in [0.717, 1.165) is 55.8 Å². The number of nitrogens with two attached hydrogens (primary N) is 1. The first-order chi connectivity index (χ1) is 19.2. The van der Waals surface area contributed by atoms with Crippen molar-refractivity contribution in [1.82, 2.24) is 5.32 Å². The van der Waals surface area contributed by atoms with Crippen LogP contribution in [0.1, 0.15) is 138 Å². The zero-order valence-corrected chi connectivity index (χ0v) is 27.5. The Balaban J connectivity index is 1.42. The smallest absolute Gasteiger partial charge is 0.326 e. The number of fused-ring (bicyclic) bond motifs is 7. The Kier molecular flexibility index (Phi) is 8.26. The first kappa shape index (κ1) is 31.3. The number of aliphatic carboxylic acids is 1. The Bertz CT molecular complexity index is 1010. The fourth-order valence-electron chi connectivity index (χ4n) is 12.9. The van der Waals surface area contributed by atoms with E-state index in [-0.39, 0.29) is 11.3 Å². The fraction of sp³-hybridized carbons (Fsp3) is 0.944. The van der Waals surface area contributed by atoms with Gasteiger partial charge in [-0.1, -0.05) is 54.9 Å². The summed E-state index contributed by atoms with van der Waals surface area (Å²) in [4.78, 5) is 26.1. The van der Waals surface area contributed by atoms with Gasteiger partial charge in [-0.25, -0.2) is 4.79 Å². The van der Waals surface area contributed by atoms with Gasteiger partial charge in [-0.15, -0.1) is 0 Å². The van der Waals surface area contributed by atoms with E-state index in [4.69, 9.17) is 5.73 Å². The molecule has 0 aliphatic heterocycles. The van der Waals surface area contributed by atoms with Crippen LogP contribution in [0.25, 0.3) is 0 Å². The highest BCUT2D eigenvalue weighted by Crippen LogP contribution is 2.77. The first-order valence-electron chi connectivity index (χ1n) is 17.4. The zero-order valence-electron chi connectivity index (χ0n) is 27.5. The number of amides is 1. The third-order valence-corrected chi connectivity index (χ3v) is 15.3. The van der Waals surface area contributed by atoms with E-state index in [1.54, 1.807) is 0 Å². The Labute approximate surface area is 250 Å². The minimum atomic E-state index is -0.920. The molecule has 5 rings (SSSR count). The number of carboxylic acid groups (broad SMARTS) is 1. The van der Waals surface area contributed by atoms with E-state index in [1.807, 2.05) is 0 Å². The van der Waals surface area contributed by atoms with Crippen LogP contribution in [0.15, 0.2) is 0 Å². The fourth-order valence-corrected chi connectivity index (χ4v) is 12.9. The standard InChI is InChI=1S/C36H62N2O3/c1-23(2)24-14-18-32(3)20-21-35(6)25(29(24)32)12-13-28-33(4)16-10-17-34(5,27(33)15-19-36(28,35)7)31(41)38-26(30(39)40)11-8-9-22-37/h23-29H,8-22,37H2,1-7H3,(H,38,41)(H,39,40)/t24-,25+,26-,27+,28+,29+,32+,33-,34+,35+,36+/m0/s1. The van der Waals surface area contributed by atoms with E-state index >= 15 is 0 Å². The number of carbonyl (C=O) groups is 2. The maximum absolute atomic E-state index is 14.1. The van der Waals surface area contributed by atoms with E-state index in [1.165, 1.54) is 51.4 Å². The molecule has 5 aliphatic carbocycles. The summed E-state index contributed by atoms with van der Waals surface area (Å²) in [6, 6.07) is -0.820. The summed E-state index contributed by atoms with van der Waals surface area (Å²) in [6.07, 6.45) is 15.7. The van der Waals surface area contributed by atoms with Gasteiger partial charge < -0.3 is 16.2 Å². The lowest BCUT2D eigenvalue weighted by molar-refractivity contribution is -0.237. The molecule has 1 amide bonds. The molecule has 234 valence electrons. The van der Waals surface area contributed by atoms with Gasteiger partial charge in [0.2, 0.25) is 5.91 Å². The molecule has 0 radical (unpaired) electrons. The Morgan fingerprint density at radius 3 is 2.24 bits per heavy atom. The highest BCUT2D eigenvalue weighted by Gasteiger charge is 2.70. The van der Waals surface area contributed by atoms with Crippen molar-refractivity contribution in [3.63, 3.8) is 0 Å². The molecule has 5 saturated carbocycles. The van der Waals surface area contributed by atoms with Crippen LogP contribution in [0, 0.1) is 62.6 Å². The lowest BCUT2D eigenvalue weighted by atomic mass is 9.32. The van der Waals surface area contributed by atoms with Gasteiger partial charge in [0, 0.05) is 5.41 Å². The van der Waals surface area contributed by atoms with Gasteiger partial charge in [0.15, 0.2) is 0 Å². The molecule has 0 unspecified atom stereocenters. The second-order valence-corrected chi connectivity index (χ2v) is 17.2. The van der Waals surface area contributed by atoms with Crippen LogP contribution in [0.3, 0.4) is 0 Å². The summed E-state index contributed by atoms with van der Waals surface area (Å²) >= 11 is 0. The van der Waals surface area contributed by atoms with Crippen LogP contribution in [0.4, 0.5) is 0 Å². The van der Waals surface area contributed by atoms with Crippen molar-refractivity contribution in [2.24, 2.45) is 68.3 Å². The minimum absolute atomic E-state index is 0.0174. The van der Waals surface area contributed by atoms with Crippen molar-refractivity contribution in [3.05, 3.63) is 0 Å². The lowest BCUT2D eigenvalue weighted by Gasteiger charge is -2.72. The van der Waals surface area contributed by atoms with Crippen LogP contribution >= 0.6 is 0 Å². The third-order valence-electron chi connectivity index (χ3n) is 15.3. The van der Waals surface area contributed by atoms with Crippen LogP contribution in [-0.4, -0.2) is 29.6 Å². The van der Waals surface area contributed by atoms with Crippen LogP contribution in [0.5, 0.6) is 0 Å². The van der Waals surface area contributed by atoms with Crippen molar-refractivity contribution < 1.29 is 14.7 Å². The number of rotatable bonds is 8. The second kappa shape index (κ2) is 10.8. The van der Waals surface area contributed by atoms with Crippen molar-refractivity contribution in [3.8, 4) is 0 Å². The lowest BCUT2D eigenvalue weighted by Crippen LogP contribution is -2.67. The van der Waals surface area contributed by atoms with Gasteiger partial charge in [-0.2, -0.15) is 0 Å². The monoisotopic (exact) mass is 570 g/mol. The molecule has 41 heavy (non-hydrogen) atoms. The van der Waals surface area contributed by atoms with Crippen molar-refractivity contribution in [1.29, 1.82) is 0 Å². The topological polar surface area (TPSA) is 92.4 Å². The van der Waals surface area contributed by atoms with Gasteiger partial charge >= 0.3 is 5.97 Å². The van der Waals surface area contributed by atoms with Crippen LogP contribution in [0.2, 0.25) is 0 Å². The molecule has 11 atom stereocenters. The molecule has 0 spiro atoms. The summed E-state index contributed by atoms with van der Waals surface area (Å²) < 4.78 is 0. The molecule has 4 N–H and O–H groups in total. The van der Waals surface area contributed by atoms with Crippen LogP contribution in [-0.2, 0) is 9.59 Å². The maximum Gasteiger partial charge on any atom is 0.326 e. The molecule has 5 heteroatoms. The van der Waals surface area contributed by atoms with Gasteiger partial charge in [0.05, 0.1) is 0 Å². The number of carbonyl (C=O) groups excluding carboxylic acids is 1. The maximum atomic E-state index is 14.1. The predicted molar refractivity (Wildman–Crippen MR) is 166 cm³/mol. The number of carboxylic acids is 1. The molecule has 0 bridgehead atoms. The molecular formula is C36H62N2O3. The van der Waals surface area contributed by atoms with E-state index in [0.29, 0.717) is 41.0 Å². The van der Waals surface area contributed by atoms with E-state index < -0.39 is 17.4 Å². The van der Waals surface area contributed by atoms with E-state index in [9.17, 15) is 14.7 Å². The average molecular weight is 571 g/mol. The van der Waals surface area contributed by atoms with Gasteiger partial charge in [0.25, 0.3) is 0 Å². The summed E-state index contributed by atoms with van der Waals surface area (Å²) in [7, 11) is 0. The third kappa shape index (κ3) is 4.63. The number of hydrogen-bond donors (Lipinski definition) is 3. The Morgan fingerprint density at radius 1 is 0.854 bits per heavy atom. The van der Waals surface area contributed by atoms with E-state index in [2.05, 4.69) is 53.8 Å². The summed E-state index contributed by atoms with van der Waals surface area (Å²) in [5.41, 5.74) is 6.45. The Hall–Kier alpha value is -1.10. The number of unbranched alkanes of at least 4 members (excludes halogenated alkanes) is 1. The molecule has 5 nitrogen and oxygen atoms in total. The van der Waals surface area contributed by atoms with Gasteiger partial charge in [-0.3, -0.25) is 4.79 Å². The molecule has 0 aromatic heterocycles. The molecule has 0 aromatic rings. The first-order valence-corrected chi connectivity index (χ1v) is 17.4. The molecule has 5 fully saturated rings. The SMILES string of the molecule is CC(C)[C@@H]1CC[C@]2(C)CC[C@]3(C)[C@H](CC[C@@H]4[C@@]5(C)CCC[C@@](C)(C(=O)N[C@@H](CCCCN)C(=O)O)[C@@H]5CC[C@]43C)[C@@H]12. The second-order valence-electron chi connectivity index (χ2n) is 17.2. The zero-order chi connectivity index (χ0) is 30.0. The number of hydrogen-bond acceptors (Lipinski definition) is 3. The molecule has 5 aliphatic rings. The van der Waals surface area contributed by atoms with Crippen molar-refractivity contribution in [2.75, 3.05) is 6.54 Å². The minimum Gasteiger partial charge on any atom is -0.480 e. The Morgan fingerprint density at radius 2 is 1.59 bits per heavy atom. The quantitative estimate of drug-likeness (QED) is 0.260. The highest BCUT2D eigenvalue weighted by atomic mass is 16.4. The van der Waals surface area contributed by atoms with Gasteiger partial charge in [-0.05, 0) is 147 Å². The van der Waals surface area contributed by atoms with Crippen LogP contribution < -0.4 is 11.1 Å². The number of nitrogens with one attached hydrogen (secondary N) is 1. The largest absolute Gasteiger partial charge is 0.480 e. The molecular weight excluding hydrogens is 508 g/mol. The summed E-state index contributed by atoms with van der Waals surface area (Å²) in [6.45, 7) is 18.2. The summed E-state index contributed by atoms with van der Waals surface area (Å²) in [5.74, 6) is 3.32. The highest BCUT2D eigenvalue weighted by molar-refractivity contribution is 5.87. The molecule has 0 aromatic carbocycles. The normalized spacial score (nSPS) is 48.0. The summed E-state index contributed by atoms with van der Waals surface area (Å²) in [5, 5.41) is 12.9. The molecule has 0 saturated heterocycles. The van der Waals surface area contributed by atoms with Gasteiger partial charge in [0.1, 0.15) is 6.04 Å². The van der Waals surface area contributed by atoms with Crippen molar-refractivity contribution >= 4 is 11.9 Å². The molecule has 0 heterocycles. The average Bonchev–Trinajstić information content (AvgIpc) is 3.26. The predicted octanol–water partition coefficient (Wildman–Crippen LogP) is 7.81.